The molecule has 0 bridgehead atoms. The molecule has 2 N–H and O–H groups in total. The van der Waals surface area contributed by atoms with E-state index in [0.29, 0.717) is 28.9 Å². The quantitative estimate of drug-likeness (QED) is 0.428. The van der Waals surface area contributed by atoms with Crippen LogP contribution in [0.1, 0.15) is 47.1 Å². The van der Waals surface area contributed by atoms with Gasteiger partial charge in [-0.25, -0.2) is 14.0 Å². The van der Waals surface area contributed by atoms with E-state index >= 15 is 0 Å². The molecule has 0 heterocycles. The van der Waals surface area contributed by atoms with Crippen LogP contribution in [-0.4, -0.2) is 43.3 Å². The van der Waals surface area contributed by atoms with Crippen molar-refractivity contribution in [2.45, 2.75) is 47.1 Å². The number of halogens is 1. The zero-order valence-corrected chi connectivity index (χ0v) is 19.3. The Balaban J connectivity index is 2.88. The summed E-state index contributed by atoms with van der Waals surface area (Å²) in [6.07, 6.45) is 1.27. The molecule has 0 fully saturated rings. The summed E-state index contributed by atoms with van der Waals surface area (Å²) in [5, 5.41) is 5.13. The van der Waals surface area contributed by atoms with Gasteiger partial charge in [-0.3, -0.25) is 4.79 Å². The van der Waals surface area contributed by atoms with Crippen molar-refractivity contribution in [1.82, 2.24) is 5.32 Å². The zero-order valence-electron chi connectivity index (χ0n) is 19.3. The number of esters is 1. The van der Waals surface area contributed by atoms with Crippen LogP contribution in [0.3, 0.4) is 0 Å². The third-order valence-corrected chi connectivity index (χ3v) is 3.74. The Labute approximate surface area is 187 Å². The Hall–Kier alpha value is -3.36. The zero-order chi connectivity index (χ0) is 24.3. The minimum Gasteiger partial charge on any atom is -0.489 e. The number of hydrogen-bond acceptors (Lipinski definition) is 6. The largest absolute Gasteiger partial charge is 0.489 e. The summed E-state index contributed by atoms with van der Waals surface area (Å²) in [4.78, 5) is 35.2. The molecule has 0 atom stereocenters. The number of rotatable bonds is 9. The van der Waals surface area contributed by atoms with Crippen LogP contribution in [0.5, 0.6) is 5.75 Å². The van der Waals surface area contributed by atoms with Crippen molar-refractivity contribution in [3.63, 3.8) is 0 Å². The molecule has 176 valence electrons. The smallest absolute Gasteiger partial charge is 0.407 e. The molecule has 0 unspecified atom stereocenters. The van der Waals surface area contributed by atoms with E-state index in [0.717, 1.165) is 0 Å². The number of nitrogens with one attached hydrogen (secondary N) is 2. The Morgan fingerprint density at radius 3 is 2.41 bits per heavy atom. The fourth-order valence-electron chi connectivity index (χ4n) is 2.38. The number of hydrogen-bond donors (Lipinski definition) is 2. The highest BCUT2D eigenvalue weighted by atomic mass is 19.1. The maximum absolute atomic E-state index is 13.2. The normalized spacial score (nSPS) is 12.1. The SMILES string of the molecule is CCOC(=O)C(C)=Cc1ccc(OC/C(=C\F)CNC(=O)OC(C)(C)C)cc1NC(C)=O. The molecule has 1 aromatic carbocycles. The molecule has 0 aliphatic heterocycles. The molecule has 1 rings (SSSR count). The second-order valence-corrected chi connectivity index (χ2v) is 7.89. The lowest BCUT2D eigenvalue weighted by Gasteiger charge is -2.20. The van der Waals surface area contributed by atoms with Crippen LogP contribution < -0.4 is 15.4 Å². The third-order valence-electron chi connectivity index (χ3n) is 3.74. The van der Waals surface area contributed by atoms with Crippen LogP contribution in [-0.2, 0) is 19.1 Å². The second kappa shape index (κ2) is 12.5. The van der Waals surface area contributed by atoms with Crippen molar-refractivity contribution in [3.05, 3.63) is 41.2 Å². The molecule has 9 heteroatoms. The molecule has 0 aromatic heterocycles. The third kappa shape index (κ3) is 10.1. The molecule has 0 spiro atoms. The number of amides is 2. The minimum absolute atomic E-state index is 0.0937. The Kier molecular flexibility index (Phi) is 10.4. The first kappa shape index (κ1) is 26.7. The van der Waals surface area contributed by atoms with Gasteiger partial charge in [-0.15, -0.1) is 0 Å². The van der Waals surface area contributed by atoms with Crippen LogP contribution in [0.4, 0.5) is 14.9 Å². The standard InChI is InChI=1S/C23H31FN2O6/c1-7-30-21(28)15(2)10-18-8-9-19(11-20(18)26-16(3)27)31-14-17(12-24)13-25-22(29)32-23(4,5)6/h8-12H,7,13-14H2,1-6H3,(H,25,29)(H,26,27)/b15-10?,17-12-. The van der Waals surface area contributed by atoms with Crippen LogP contribution in [0.25, 0.3) is 6.08 Å². The monoisotopic (exact) mass is 450 g/mol. The van der Waals surface area contributed by atoms with E-state index in [-0.39, 0.29) is 31.2 Å². The van der Waals surface area contributed by atoms with E-state index in [4.69, 9.17) is 14.2 Å². The summed E-state index contributed by atoms with van der Waals surface area (Å²) in [5.74, 6) is -0.412. The lowest BCUT2D eigenvalue weighted by Crippen LogP contribution is -2.34. The van der Waals surface area contributed by atoms with E-state index in [1.165, 1.54) is 6.92 Å². The first-order chi connectivity index (χ1) is 14.9. The summed E-state index contributed by atoms with van der Waals surface area (Å²) in [7, 11) is 0. The molecule has 1 aromatic rings. The van der Waals surface area contributed by atoms with Gasteiger partial charge < -0.3 is 24.8 Å². The van der Waals surface area contributed by atoms with Crippen molar-refractivity contribution < 1.29 is 33.0 Å². The number of benzene rings is 1. The van der Waals surface area contributed by atoms with Gasteiger partial charge in [0.05, 0.1) is 18.6 Å². The van der Waals surface area contributed by atoms with Crippen LogP contribution in [0, 0.1) is 0 Å². The van der Waals surface area contributed by atoms with Gasteiger partial charge in [0.1, 0.15) is 18.0 Å². The minimum atomic E-state index is -0.669. The Bertz CT molecular complexity index is 887. The predicted octanol–water partition coefficient (Wildman–Crippen LogP) is 4.37. The first-order valence-corrected chi connectivity index (χ1v) is 10.1. The number of alkyl carbamates (subject to hydrolysis) is 1. The highest BCUT2D eigenvalue weighted by Gasteiger charge is 2.16. The van der Waals surface area contributed by atoms with E-state index in [1.54, 1.807) is 58.9 Å². The van der Waals surface area contributed by atoms with Gasteiger partial charge in [-0.2, -0.15) is 0 Å². The Morgan fingerprint density at radius 2 is 1.84 bits per heavy atom. The molecule has 8 nitrogen and oxygen atoms in total. The van der Waals surface area contributed by atoms with Crippen LogP contribution >= 0.6 is 0 Å². The summed E-state index contributed by atoms with van der Waals surface area (Å²) >= 11 is 0. The number of carbonyl (C=O) groups excluding carboxylic acids is 3. The predicted molar refractivity (Wildman–Crippen MR) is 120 cm³/mol. The fraction of sp³-hybridized carbons (Fsp3) is 0.435. The molecule has 0 aliphatic carbocycles. The van der Waals surface area contributed by atoms with Crippen molar-refractivity contribution >= 4 is 29.7 Å². The lowest BCUT2D eigenvalue weighted by atomic mass is 10.1. The maximum atomic E-state index is 13.2. The van der Waals surface area contributed by atoms with Crippen LogP contribution in [0.15, 0.2) is 35.7 Å². The number of carbonyl (C=O) groups is 3. The molecule has 0 aliphatic rings. The van der Waals surface area contributed by atoms with Gasteiger partial charge in [-0.1, -0.05) is 0 Å². The first-order valence-electron chi connectivity index (χ1n) is 10.1. The molecule has 0 radical (unpaired) electrons. The van der Waals surface area contributed by atoms with E-state index in [9.17, 15) is 18.8 Å². The van der Waals surface area contributed by atoms with Gasteiger partial charge in [0.15, 0.2) is 0 Å². The average Bonchev–Trinajstić information content (AvgIpc) is 2.68. The van der Waals surface area contributed by atoms with Gasteiger partial charge >= 0.3 is 12.1 Å². The van der Waals surface area contributed by atoms with Crippen molar-refractivity contribution in [1.29, 1.82) is 0 Å². The average molecular weight is 451 g/mol. The molecule has 32 heavy (non-hydrogen) atoms. The van der Waals surface area contributed by atoms with Gasteiger partial charge in [0.25, 0.3) is 0 Å². The lowest BCUT2D eigenvalue weighted by molar-refractivity contribution is -0.138. The summed E-state index contributed by atoms with van der Waals surface area (Å²) in [6.45, 7) is 9.86. The number of ether oxygens (including phenoxy) is 3. The second-order valence-electron chi connectivity index (χ2n) is 7.89. The van der Waals surface area contributed by atoms with Crippen molar-refractivity contribution in [2.75, 3.05) is 25.1 Å². The summed E-state index contributed by atoms with van der Waals surface area (Å²) in [5.41, 5.74) is 0.867. The van der Waals surface area contributed by atoms with E-state index < -0.39 is 17.7 Å². The van der Waals surface area contributed by atoms with Crippen LogP contribution in [0.2, 0.25) is 0 Å². The summed E-state index contributed by atoms with van der Waals surface area (Å²) < 4.78 is 28.9. The molecular weight excluding hydrogens is 419 g/mol. The number of anilines is 1. The molecule has 0 saturated heterocycles. The van der Waals surface area contributed by atoms with Crippen molar-refractivity contribution in [2.24, 2.45) is 0 Å². The van der Waals surface area contributed by atoms with E-state index in [1.807, 2.05) is 0 Å². The molecular formula is C23H31FN2O6. The maximum Gasteiger partial charge on any atom is 0.407 e. The molecule has 2 amide bonds. The Morgan fingerprint density at radius 1 is 1.16 bits per heavy atom. The summed E-state index contributed by atoms with van der Waals surface area (Å²) in [6, 6.07) is 4.83. The van der Waals surface area contributed by atoms with Crippen molar-refractivity contribution in [3.8, 4) is 5.75 Å². The topological polar surface area (TPSA) is 103 Å². The van der Waals surface area contributed by atoms with Gasteiger partial charge in [0, 0.05) is 30.7 Å². The highest BCUT2D eigenvalue weighted by Crippen LogP contribution is 2.25. The highest BCUT2D eigenvalue weighted by molar-refractivity contribution is 5.96. The fourth-order valence-corrected chi connectivity index (χ4v) is 2.38. The van der Waals surface area contributed by atoms with Gasteiger partial charge in [0.2, 0.25) is 5.91 Å². The molecule has 0 saturated carbocycles. The van der Waals surface area contributed by atoms with E-state index in [2.05, 4.69) is 10.6 Å². The van der Waals surface area contributed by atoms with Gasteiger partial charge in [-0.05, 0) is 58.4 Å².